The fraction of sp³-hybridized carbons (Fsp3) is 0.304. The van der Waals surface area contributed by atoms with Crippen LogP contribution in [0.3, 0.4) is 0 Å². The Hall–Kier alpha value is -3.89. The van der Waals surface area contributed by atoms with Crippen LogP contribution < -0.4 is 10.1 Å². The van der Waals surface area contributed by atoms with Gasteiger partial charge >= 0.3 is 0 Å². The molecule has 1 amide bonds. The number of nitrogens with zero attached hydrogens (tertiary/aromatic N) is 5. The topological polar surface area (TPSA) is 84.6 Å². The first kappa shape index (κ1) is 21.9. The van der Waals surface area contributed by atoms with Crippen molar-refractivity contribution in [1.29, 1.82) is 0 Å². The molecule has 8 nitrogen and oxygen atoms in total. The molecule has 1 N–H and O–H groups in total. The van der Waals surface area contributed by atoms with E-state index in [1.165, 1.54) is 18.5 Å². The Bertz CT molecular complexity index is 1410. The summed E-state index contributed by atoms with van der Waals surface area (Å²) in [6, 6.07) is 7.69. The van der Waals surface area contributed by atoms with Gasteiger partial charge in [-0.3, -0.25) is 9.78 Å². The molecular weight excluding hydrogens is 449 g/mol. The molecule has 0 bridgehead atoms. The van der Waals surface area contributed by atoms with Gasteiger partial charge in [0, 0.05) is 25.1 Å². The fourth-order valence-electron chi connectivity index (χ4n) is 4.27. The lowest BCUT2D eigenvalue weighted by Crippen LogP contribution is -2.55. The van der Waals surface area contributed by atoms with E-state index in [4.69, 9.17) is 4.74 Å². The smallest absolute Gasteiger partial charge is 0.285 e. The number of carbonyl (C=O) groups excluding carboxylic acids is 1. The van der Waals surface area contributed by atoms with Gasteiger partial charge in [0.05, 0.1) is 37.0 Å². The van der Waals surface area contributed by atoms with Gasteiger partial charge in [0.15, 0.2) is 5.82 Å². The molecule has 1 fully saturated rings. The van der Waals surface area contributed by atoms with Crippen molar-refractivity contribution in [3.05, 3.63) is 48.5 Å². The molecule has 0 saturated carbocycles. The minimum absolute atomic E-state index is 0.00665. The van der Waals surface area contributed by atoms with Crippen LogP contribution in [0.2, 0.25) is 0 Å². The van der Waals surface area contributed by atoms with E-state index in [2.05, 4.69) is 20.4 Å². The number of pyridine rings is 1. The summed E-state index contributed by atoms with van der Waals surface area (Å²) in [5.41, 5.74) is 1.84. The number of piperidine rings is 1. The third-order valence-electron chi connectivity index (χ3n) is 5.99. The highest BCUT2D eigenvalue weighted by Crippen LogP contribution is 2.36. The summed E-state index contributed by atoms with van der Waals surface area (Å²) in [5, 5.41) is 7.69. The summed E-state index contributed by atoms with van der Waals surface area (Å²) in [7, 11) is 1.37. The molecule has 4 aromatic rings. The number of alkyl halides is 2. The molecule has 0 aliphatic carbocycles. The molecule has 1 aliphatic heterocycles. The highest BCUT2D eigenvalue weighted by molar-refractivity contribution is 5.91. The van der Waals surface area contributed by atoms with E-state index in [0.29, 0.717) is 5.56 Å². The Morgan fingerprint density at radius 3 is 2.85 bits per heavy atom. The zero-order valence-electron chi connectivity index (χ0n) is 18.4. The van der Waals surface area contributed by atoms with E-state index in [-0.39, 0.29) is 35.9 Å². The number of rotatable bonds is 4. The van der Waals surface area contributed by atoms with Crippen molar-refractivity contribution in [2.24, 2.45) is 0 Å². The molecule has 1 aliphatic rings. The first-order valence-corrected chi connectivity index (χ1v) is 10.6. The highest BCUT2D eigenvalue weighted by atomic mass is 19.3. The molecular formula is C23H21F3N6O2. The summed E-state index contributed by atoms with van der Waals surface area (Å²) in [5.74, 6) is -4.26. The Morgan fingerprint density at radius 2 is 2.12 bits per heavy atom. The minimum atomic E-state index is -3.19. The van der Waals surface area contributed by atoms with Gasteiger partial charge in [-0.05, 0) is 30.2 Å². The van der Waals surface area contributed by atoms with Crippen LogP contribution >= 0.6 is 0 Å². The monoisotopic (exact) mass is 470 g/mol. The van der Waals surface area contributed by atoms with Crippen molar-refractivity contribution in [3.63, 3.8) is 0 Å². The van der Waals surface area contributed by atoms with Crippen molar-refractivity contribution in [2.45, 2.75) is 25.3 Å². The normalized spacial score (nSPS) is 17.8. The summed E-state index contributed by atoms with van der Waals surface area (Å²) in [6.45, 7) is 0.746. The molecule has 1 atom stereocenters. The van der Waals surface area contributed by atoms with Crippen molar-refractivity contribution < 1.29 is 22.7 Å². The maximum absolute atomic E-state index is 15.1. The van der Waals surface area contributed by atoms with Crippen molar-refractivity contribution in [3.8, 4) is 17.0 Å². The van der Waals surface area contributed by atoms with Crippen molar-refractivity contribution >= 4 is 28.3 Å². The van der Waals surface area contributed by atoms with Gasteiger partial charge in [-0.25, -0.2) is 17.7 Å². The van der Waals surface area contributed by atoms with Crippen molar-refractivity contribution in [2.75, 3.05) is 25.5 Å². The number of likely N-dealkylation sites (tertiary alicyclic amines) is 1. The van der Waals surface area contributed by atoms with Crippen LogP contribution in [0, 0.1) is 5.82 Å². The fourth-order valence-corrected chi connectivity index (χ4v) is 4.27. The number of nitrogens with one attached hydrogen (secondary N) is 1. The second kappa shape index (κ2) is 8.15. The SMILES string of the molecule is COc1nc(N[C@@H]2CCN(C(C)=O)CC2(F)F)nn2cc(F)c(-c3ccc4ncccc4c3)c12. The number of hydrogen-bond donors (Lipinski definition) is 1. The third-order valence-corrected chi connectivity index (χ3v) is 5.99. The number of carbonyl (C=O) groups is 1. The van der Waals surface area contributed by atoms with Gasteiger partial charge in [-0.1, -0.05) is 12.1 Å². The van der Waals surface area contributed by atoms with Gasteiger partial charge in [0.25, 0.3) is 5.92 Å². The van der Waals surface area contributed by atoms with E-state index >= 15 is 4.39 Å². The van der Waals surface area contributed by atoms with Crippen molar-refractivity contribution in [1.82, 2.24) is 24.5 Å². The maximum Gasteiger partial charge on any atom is 0.285 e. The Kier molecular flexibility index (Phi) is 5.26. The van der Waals surface area contributed by atoms with Crippen LogP contribution in [0.4, 0.5) is 19.1 Å². The van der Waals surface area contributed by atoms with E-state index in [9.17, 15) is 13.6 Å². The molecule has 0 spiro atoms. The van der Waals surface area contributed by atoms with Gasteiger partial charge in [-0.15, -0.1) is 5.10 Å². The zero-order chi connectivity index (χ0) is 24.0. The number of anilines is 1. The predicted molar refractivity (Wildman–Crippen MR) is 119 cm³/mol. The Labute approximate surface area is 192 Å². The predicted octanol–water partition coefficient (Wildman–Crippen LogP) is 3.76. The summed E-state index contributed by atoms with van der Waals surface area (Å²) in [6.07, 6.45) is 2.84. The van der Waals surface area contributed by atoms with E-state index < -0.39 is 30.2 Å². The van der Waals surface area contributed by atoms with Gasteiger partial charge in [0.2, 0.25) is 17.7 Å². The van der Waals surface area contributed by atoms with Gasteiger partial charge < -0.3 is 15.0 Å². The lowest BCUT2D eigenvalue weighted by Gasteiger charge is -2.38. The minimum Gasteiger partial charge on any atom is -0.479 e. The Morgan fingerprint density at radius 1 is 1.29 bits per heavy atom. The summed E-state index contributed by atoms with van der Waals surface area (Å²) < 4.78 is 51.0. The lowest BCUT2D eigenvalue weighted by molar-refractivity contribution is -0.140. The molecule has 1 aromatic carbocycles. The lowest BCUT2D eigenvalue weighted by atomic mass is 10.0. The standard InChI is InChI=1S/C23H21F3N6O2/c1-13(33)31-9-7-18(23(25,26)12-31)28-22-29-21(34-2)20-19(16(24)11-32(20)30-22)15-5-6-17-14(10-15)4-3-8-27-17/h3-6,8,10-11,18H,7,9,12H2,1-2H3,(H,28,30)/t18-/m1/s1. The van der Waals surface area contributed by atoms with Crippen LogP contribution in [-0.2, 0) is 4.79 Å². The molecule has 176 valence electrons. The van der Waals surface area contributed by atoms with Crippen LogP contribution in [-0.4, -0.2) is 62.6 Å². The molecule has 1 saturated heterocycles. The van der Waals surface area contributed by atoms with Crippen LogP contribution in [0.15, 0.2) is 42.7 Å². The number of fused-ring (bicyclic) bond motifs is 2. The molecule has 11 heteroatoms. The number of aromatic nitrogens is 4. The van der Waals surface area contributed by atoms with Gasteiger partial charge in [0.1, 0.15) is 5.52 Å². The molecule has 4 heterocycles. The average molecular weight is 470 g/mol. The zero-order valence-corrected chi connectivity index (χ0v) is 18.4. The number of halogens is 3. The second-order valence-electron chi connectivity index (χ2n) is 8.19. The number of ether oxygens (including phenoxy) is 1. The molecule has 0 unspecified atom stereocenters. The summed E-state index contributed by atoms with van der Waals surface area (Å²) >= 11 is 0. The average Bonchev–Trinajstić information content (AvgIpc) is 3.14. The first-order valence-electron chi connectivity index (χ1n) is 10.6. The number of benzene rings is 1. The largest absolute Gasteiger partial charge is 0.479 e. The van der Waals surface area contributed by atoms with Crippen LogP contribution in [0.1, 0.15) is 13.3 Å². The van der Waals surface area contributed by atoms with Crippen LogP contribution in [0.5, 0.6) is 5.88 Å². The molecule has 5 rings (SSSR count). The molecule has 0 radical (unpaired) electrons. The van der Waals surface area contributed by atoms with E-state index in [0.717, 1.165) is 22.0 Å². The summed E-state index contributed by atoms with van der Waals surface area (Å²) in [4.78, 5) is 21.1. The van der Waals surface area contributed by atoms with E-state index in [1.54, 1.807) is 30.5 Å². The van der Waals surface area contributed by atoms with E-state index in [1.807, 2.05) is 6.07 Å². The number of methoxy groups -OCH3 is 1. The third kappa shape index (κ3) is 3.76. The van der Waals surface area contributed by atoms with Gasteiger partial charge in [-0.2, -0.15) is 4.98 Å². The number of amides is 1. The highest BCUT2D eigenvalue weighted by Gasteiger charge is 2.45. The molecule has 34 heavy (non-hydrogen) atoms. The quantitative estimate of drug-likeness (QED) is 0.489. The second-order valence-corrected chi connectivity index (χ2v) is 8.19. The Balaban J connectivity index is 1.53. The van der Waals surface area contributed by atoms with Crippen LogP contribution in [0.25, 0.3) is 27.5 Å². The molecule has 3 aromatic heterocycles. The maximum atomic E-state index is 15.1. The number of hydrogen-bond acceptors (Lipinski definition) is 6. The first-order chi connectivity index (χ1) is 16.3.